The molecule has 0 saturated carbocycles. The maximum absolute atomic E-state index is 12.3. The minimum absolute atomic E-state index is 0. The molecule has 1 N–H and O–H groups in total. The van der Waals surface area contributed by atoms with E-state index in [1.54, 1.807) is 0 Å². The Morgan fingerprint density at radius 2 is 1.27 bits per heavy atom. The summed E-state index contributed by atoms with van der Waals surface area (Å²) in [5, 5.41) is 12.3. The summed E-state index contributed by atoms with van der Waals surface area (Å²) < 4.78 is 2.28. The first-order chi connectivity index (χ1) is 30.5. The molecule has 0 aliphatic rings. The SMILES string of the molecule is Cc1ccc(-c2ccnc(-c3[c-]c(-c4cccc5c4nc(-c4cc(C(C)C)cc(C(C)C)c4O)n5-c4ccc(CC(C)C)cc4-c4ccccc4)cc(-c4ccccc4)c3)c2)cc1.[Pt]. The van der Waals surface area contributed by atoms with Crippen LogP contribution >= 0.6 is 0 Å². The summed E-state index contributed by atoms with van der Waals surface area (Å²) in [5.74, 6) is 1.82. The molecule has 4 nitrogen and oxygen atoms in total. The fourth-order valence-corrected chi connectivity index (χ4v) is 8.74. The topological polar surface area (TPSA) is 50.9 Å². The number of phenolic OH excluding ortho intramolecular Hbond substituents is 1. The zero-order valence-electron chi connectivity index (χ0n) is 37.6. The van der Waals surface area contributed by atoms with Crippen molar-refractivity contribution in [2.75, 3.05) is 0 Å². The Balaban J connectivity index is 0.00000560. The Hall–Kier alpha value is -6.35. The van der Waals surface area contributed by atoms with Crippen LogP contribution in [0.1, 0.15) is 75.6 Å². The Labute approximate surface area is 393 Å². The van der Waals surface area contributed by atoms with Crippen molar-refractivity contribution in [3.05, 3.63) is 192 Å². The first-order valence-electron chi connectivity index (χ1n) is 22.3. The number of aromatic hydroxyl groups is 1. The minimum atomic E-state index is 0. The fourth-order valence-electron chi connectivity index (χ4n) is 8.74. The van der Waals surface area contributed by atoms with E-state index in [1.807, 2.05) is 6.20 Å². The second-order valence-electron chi connectivity index (χ2n) is 17.9. The van der Waals surface area contributed by atoms with Gasteiger partial charge in [0.2, 0.25) is 0 Å². The van der Waals surface area contributed by atoms with Gasteiger partial charge in [0, 0.05) is 38.5 Å². The summed E-state index contributed by atoms with van der Waals surface area (Å²) in [6.45, 7) is 15.3. The van der Waals surface area contributed by atoms with E-state index in [1.165, 1.54) is 11.1 Å². The number of phenols is 1. The van der Waals surface area contributed by atoms with Gasteiger partial charge in [-0.2, -0.15) is 0 Å². The standard InChI is InChI=1S/C59H54N3O.Pt/c1-37(2)29-41-23-26-55(52(30-41)44-17-12-9-13-18-44)62-56-20-14-19-50(57(56)61-59(62)53-35-46(38(3)4)34-51(39(5)6)58(53)63)48-31-47(42-15-10-8-11-16-42)32-49(33-48)54-36-45(27-28-60-54)43-24-21-40(7)22-25-43;/h8-28,30-32,34-39,63H,29H2,1-7H3;/q-1;. The number of hydrogen-bond acceptors (Lipinski definition) is 3. The number of nitrogens with zero attached hydrogens (tertiary/aromatic N) is 3. The first kappa shape index (κ1) is 44.3. The van der Waals surface area contributed by atoms with Gasteiger partial charge in [-0.3, -0.25) is 9.55 Å². The van der Waals surface area contributed by atoms with E-state index in [0.717, 1.165) is 95.6 Å². The molecule has 2 aromatic heterocycles. The maximum Gasteiger partial charge on any atom is 0.148 e. The molecule has 7 aromatic carbocycles. The summed E-state index contributed by atoms with van der Waals surface area (Å²) in [5.41, 5.74) is 18.3. The van der Waals surface area contributed by atoms with Crippen molar-refractivity contribution in [1.29, 1.82) is 0 Å². The quantitative estimate of drug-likeness (QED) is 0.131. The van der Waals surface area contributed by atoms with Crippen molar-refractivity contribution in [1.82, 2.24) is 14.5 Å². The molecule has 0 amide bonds. The average Bonchev–Trinajstić information content (AvgIpc) is 3.69. The molecule has 0 saturated heterocycles. The van der Waals surface area contributed by atoms with E-state index in [-0.39, 0.29) is 38.7 Å². The van der Waals surface area contributed by atoms with Gasteiger partial charge in [-0.25, -0.2) is 4.98 Å². The van der Waals surface area contributed by atoms with Crippen molar-refractivity contribution >= 4 is 11.0 Å². The molecule has 0 radical (unpaired) electrons. The average molecular weight is 1020 g/mol. The van der Waals surface area contributed by atoms with Crippen molar-refractivity contribution in [3.8, 4) is 78.6 Å². The molecular weight excluding hydrogens is 962 g/mol. The molecule has 0 atom stereocenters. The van der Waals surface area contributed by atoms with Crippen LogP contribution in [0.4, 0.5) is 0 Å². The van der Waals surface area contributed by atoms with Crippen LogP contribution in [-0.4, -0.2) is 19.6 Å². The van der Waals surface area contributed by atoms with E-state index in [9.17, 15) is 5.11 Å². The molecule has 9 aromatic rings. The molecule has 0 bridgehead atoms. The monoisotopic (exact) mass is 1020 g/mol. The second kappa shape index (κ2) is 18.8. The Bertz CT molecular complexity index is 3070. The van der Waals surface area contributed by atoms with Gasteiger partial charge in [0.05, 0.1) is 22.3 Å². The van der Waals surface area contributed by atoms with Crippen LogP contribution in [0.3, 0.4) is 0 Å². The Morgan fingerprint density at radius 3 is 1.95 bits per heavy atom. The van der Waals surface area contributed by atoms with Crippen molar-refractivity contribution in [3.63, 3.8) is 0 Å². The van der Waals surface area contributed by atoms with E-state index in [0.29, 0.717) is 11.7 Å². The molecule has 0 aliphatic heterocycles. The number of fused-ring (bicyclic) bond motifs is 1. The number of imidazole rings is 1. The van der Waals surface area contributed by atoms with Gasteiger partial charge in [0.25, 0.3) is 0 Å². The van der Waals surface area contributed by atoms with Crippen LogP contribution in [0.5, 0.6) is 5.75 Å². The van der Waals surface area contributed by atoms with Gasteiger partial charge >= 0.3 is 0 Å². The predicted octanol–water partition coefficient (Wildman–Crippen LogP) is 15.7. The van der Waals surface area contributed by atoms with Gasteiger partial charge in [-0.1, -0.05) is 179 Å². The van der Waals surface area contributed by atoms with Crippen molar-refractivity contribution in [2.24, 2.45) is 5.92 Å². The number of rotatable bonds is 11. The zero-order valence-corrected chi connectivity index (χ0v) is 39.9. The van der Waals surface area contributed by atoms with E-state index in [4.69, 9.17) is 9.97 Å². The van der Waals surface area contributed by atoms with Gasteiger partial charge in [-0.15, -0.1) is 23.8 Å². The summed E-state index contributed by atoms with van der Waals surface area (Å²) in [7, 11) is 0. The second-order valence-corrected chi connectivity index (χ2v) is 17.9. The number of pyridine rings is 1. The van der Waals surface area contributed by atoms with Crippen LogP contribution in [0.15, 0.2) is 164 Å². The van der Waals surface area contributed by atoms with Crippen molar-refractivity contribution < 1.29 is 26.2 Å². The number of aromatic nitrogens is 3. The molecule has 5 heteroatoms. The molecule has 9 rings (SSSR count). The predicted molar refractivity (Wildman–Crippen MR) is 263 cm³/mol. The molecule has 0 aliphatic carbocycles. The number of benzene rings is 7. The van der Waals surface area contributed by atoms with Crippen LogP contribution in [-0.2, 0) is 27.5 Å². The van der Waals surface area contributed by atoms with E-state index in [2.05, 4.69) is 217 Å². The summed E-state index contributed by atoms with van der Waals surface area (Å²) in [6.07, 6.45) is 2.86. The molecule has 0 unspecified atom stereocenters. The smallest absolute Gasteiger partial charge is 0.148 e. The third-order valence-corrected chi connectivity index (χ3v) is 12.1. The Morgan fingerprint density at radius 1 is 0.578 bits per heavy atom. The van der Waals surface area contributed by atoms with Crippen LogP contribution in [0.2, 0.25) is 0 Å². The van der Waals surface area contributed by atoms with Crippen LogP contribution in [0.25, 0.3) is 83.9 Å². The molecule has 0 spiro atoms. The van der Waals surface area contributed by atoms with Gasteiger partial charge in [-0.05, 0) is 100 Å². The normalized spacial score (nSPS) is 11.5. The Kier molecular flexibility index (Phi) is 13.0. The summed E-state index contributed by atoms with van der Waals surface area (Å²) >= 11 is 0. The zero-order chi connectivity index (χ0) is 43.8. The summed E-state index contributed by atoms with van der Waals surface area (Å²) in [6, 6.07) is 59.8. The number of aryl methyl sites for hydroxylation is 1. The van der Waals surface area contributed by atoms with Crippen LogP contribution in [0, 0.1) is 18.9 Å². The van der Waals surface area contributed by atoms with Crippen molar-refractivity contribution in [2.45, 2.75) is 66.7 Å². The molecule has 322 valence electrons. The summed E-state index contributed by atoms with van der Waals surface area (Å²) in [4.78, 5) is 10.6. The molecule has 0 fully saturated rings. The van der Waals surface area contributed by atoms with E-state index < -0.39 is 0 Å². The maximum atomic E-state index is 12.3. The van der Waals surface area contributed by atoms with Gasteiger partial charge in [0.15, 0.2) is 0 Å². The first-order valence-corrected chi connectivity index (χ1v) is 22.3. The molecule has 64 heavy (non-hydrogen) atoms. The molecule has 2 heterocycles. The fraction of sp³-hybridized carbons (Fsp3) is 0.186. The van der Waals surface area contributed by atoms with Gasteiger partial charge < -0.3 is 5.11 Å². The number of para-hydroxylation sites is 1. The molecular formula is C59H54N3OPt-. The third kappa shape index (κ3) is 8.90. The minimum Gasteiger partial charge on any atom is -0.507 e. The van der Waals surface area contributed by atoms with Gasteiger partial charge in [0.1, 0.15) is 11.6 Å². The number of hydrogen-bond donors (Lipinski definition) is 1. The third-order valence-electron chi connectivity index (χ3n) is 12.1. The largest absolute Gasteiger partial charge is 0.507 e. The van der Waals surface area contributed by atoms with Crippen LogP contribution < -0.4 is 0 Å². The van der Waals surface area contributed by atoms with E-state index >= 15 is 0 Å².